The molecule has 3 N–H and O–H groups in total. The number of hydrogen-bond acceptors (Lipinski definition) is 5. The van der Waals surface area contributed by atoms with Crippen molar-refractivity contribution in [2.75, 3.05) is 20.2 Å². The highest BCUT2D eigenvalue weighted by molar-refractivity contribution is 5.97. The van der Waals surface area contributed by atoms with E-state index in [4.69, 9.17) is 9.47 Å². The lowest BCUT2D eigenvalue weighted by Crippen LogP contribution is -2.47. The Bertz CT molecular complexity index is 1010. The summed E-state index contributed by atoms with van der Waals surface area (Å²) in [6, 6.07) is 17.4. The maximum atomic E-state index is 13.0. The van der Waals surface area contributed by atoms with Gasteiger partial charge in [0.1, 0.15) is 11.9 Å². The van der Waals surface area contributed by atoms with E-state index in [1.165, 1.54) is 5.56 Å². The van der Waals surface area contributed by atoms with Gasteiger partial charge in [-0.2, -0.15) is 0 Å². The zero-order valence-electron chi connectivity index (χ0n) is 21.1. The molecule has 7 nitrogen and oxygen atoms in total. The van der Waals surface area contributed by atoms with E-state index < -0.39 is 11.7 Å². The molecule has 0 saturated heterocycles. The van der Waals surface area contributed by atoms with Crippen LogP contribution in [-0.4, -0.2) is 49.0 Å². The molecule has 0 atom stereocenters. The van der Waals surface area contributed by atoms with E-state index in [1.54, 1.807) is 19.2 Å². The summed E-state index contributed by atoms with van der Waals surface area (Å²) >= 11 is 0. The Morgan fingerprint density at radius 2 is 1.56 bits per heavy atom. The third kappa shape index (κ3) is 6.38. The number of amides is 2. The number of hydrogen-bond donors (Lipinski definition) is 3. The Balaban J connectivity index is 1.35. The van der Waals surface area contributed by atoms with Gasteiger partial charge in [0.15, 0.2) is 0 Å². The molecule has 2 aromatic rings. The van der Waals surface area contributed by atoms with Crippen molar-refractivity contribution in [3.63, 3.8) is 0 Å². The lowest BCUT2D eigenvalue weighted by molar-refractivity contribution is 0.000299. The van der Waals surface area contributed by atoms with Gasteiger partial charge in [-0.1, -0.05) is 61.7 Å². The molecule has 0 aliphatic heterocycles. The first-order valence-electron chi connectivity index (χ1n) is 13.1. The second-order valence-electron chi connectivity index (χ2n) is 10.3. The van der Waals surface area contributed by atoms with Gasteiger partial charge in [0.2, 0.25) is 0 Å². The zero-order valence-corrected chi connectivity index (χ0v) is 21.1. The van der Waals surface area contributed by atoms with Gasteiger partial charge in [-0.05, 0) is 56.2 Å². The number of carbonyl (C=O) groups is 2. The average molecular weight is 495 g/mol. The van der Waals surface area contributed by atoms with Crippen molar-refractivity contribution in [3.8, 4) is 5.75 Å². The van der Waals surface area contributed by atoms with Gasteiger partial charge in [0.25, 0.3) is 5.91 Å². The van der Waals surface area contributed by atoms with E-state index in [1.807, 2.05) is 30.3 Å². The fraction of sp³-hybridized carbons (Fsp3) is 0.517. The quantitative estimate of drug-likeness (QED) is 0.493. The van der Waals surface area contributed by atoms with E-state index in [2.05, 4.69) is 22.8 Å². The van der Waals surface area contributed by atoms with Crippen LogP contribution >= 0.6 is 0 Å². The normalized spacial score (nSPS) is 23.3. The minimum absolute atomic E-state index is 0.166. The summed E-state index contributed by atoms with van der Waals surface area (Å²) in [6.45, 7) is 0.724. The molecule has 2 aromatic carbocycles. The number of para-hydroxylation sites is 1. The number of benzene rings is 2. The first-order chi connectivity index (χ1) is 17.4. The summed E-state index contributed by atoms with van der Waals surface area (Å²) in [5.74, 6) is 0.380. The first kappa shape index (κ1) is 26.0. The van der Waals surface area contributed by atoms with Crippen molar-refractivity contribution in [1.29, 1.82) is 0 Å². The van der Waals surface area contributed by atoms with Crippen LogP contribution in [0.5, 0.6) is 5.75 Å². The number of nitrogens with one attached hydrogen (secondary N) is 2. The van der Waals surface area contributed by atoms with Gasteiger partial charge < -0.3 is 25.2 Å². The summed E-state index contributed by atoms with van der Waals surface area (Å²) in [5.41, 5.74) is 0.627. The third-order valence-corrected chi connectivity index (χ3v) is 7.83. The summed E-state index contributed by atoms with van der Waals surface area (Å²) in [4.78, 5) is 25.4. The predicted octanol–water partition coefficient (Wildman–Crippen LogP) is 4.73. The van der Waals surface area contributed by atoms with Crippen molar-refractivity contribution in [2.45, 2.75) is 74.9 Å². The number of ether oxygens (including phenoxy) is 2. The highest BCUT2D eigenvalue weighted by atomic mass is 16.6. The molecule has 2 saturated carbocycles. The fourth-order valence-corrected chi connectivity index (χ4v) is 5.61. The minimum atomic E-state index is -0.814. The summed E-state index contributed by atoms with van der Waals surface area (Å²) < 4.78 is 11.1. The molecule has 0 unspecified atom stereocenters. The summed E-state index contributed by atoms with van der Waals surface area (Å²) in [6.07, 6.45) is 6.88. The van der Waals surface area contributed by atoms with E-state index in [0.29, 0.717) is 30.7 Å². The molecule has 0 heterocycles. The predicted molar refractivity (Wildman–Crippen MR) is 138 cm³/mol. The lowest BCUT2D eigenvalue weighted by Gasteiger charge is -2.40. The summed E-state index contributed by atoms with van der Waals surface area (Å²) in [7, 11) is 1.56. The first-order valence-corrected chi connectivity index (χ1v) is 13.1. The fourth-order valence-electron chi connectivity index (χ4n) is 5.61. The molecule has 0 aromatic heterocycles. The Hall–Kier alpha value is -3.06. The van der Waals surface area contributed by atoms with Gasteiger partial charge in [-0.3, -0.25) is 4.79 Å². The monoisotopic (exact) mass is 494 g/mol. The molecule has 0 spiro atoms. The molecule has 36 heavy (non-hydrogen) atoms. The van der Waals surface area contributed by atoms with Crippen LogP contribution in [0.25, 0.3) is 0 Å². The molecule has 0 radical (unpaired) electrons. The smallest absolute Gasteiger partial charge is 0.407 e. The van der Waals surface area contributed by atoms with E-state index in [0.717, 1.165) is 44.9 Å². The van der Waals surface area contributed by atoms with Crippen LogP contribution in [0.2, 0.25) is 0 Å². The maximum absolute atomic E-state index is 13.0. The number of alkyl carbamates (subject to hydrolysis) is 1. The lowest BCUT2D eigenvalue weighted by atomic mass is 9.68. The van der Waals surface area contributed by atoms with Gasteiger partial charge in [0.05, 0.1) is 18.3 Å². The molecule has 4 rings (SSSR count). The standard InChI is InChI=1S/C29H38N2O5/c1-35-25-13-7-6-12-24(25)26(32)30-20-28(22-10-4-2-5-11-22)18-14-23(15-19-28)36-27(33)31-21-29(34)16-8-3-9-17-29/h2,4-7,10-13,23,34H,3,8-9,14-21H2,1H3,(H,30,32)(H,31,33). The van der Waals surface area contributed by atoms with Gasteiger partial charge in [-0.25, -0.2) is 4.79 Å². The number of rotatable bonds is 8. The average Bonchev–Trinajstić information content (AvgIpc) is 2.92. The van der Waals surface area contributed by atoms with Gasteiger partial charge in [-0.15, -0.1) is 0 Å². The van der Waals surface area contributed by atoms with Crippen LogP contribution in [-0.2, 0) is 10.2 Å². The maximum Gasteiger partial charge on any atom is 0.407 e. The van der Waals surface area contributed by atoms with Crippen molar-refractivity contribution in [2.24, 2.45) is 0 Å². The van der Waals surface area contributed by atoms with Crippen LogP contribution in [0.4, 0.5) is 4.79 Å². The molecule has 2 aliphatic carbocycles. The number of aliphatic hydroxyl groups is 1. The van der Waals surface area contributed by atoms with Crippen LogP contribution in [0.15, 0.2) is 54.6 Å². The Labute approximate surface area is 213 Å². The van der Waals surface area contributed by atoms with Crippen LogP contribution in [0, 0.1) is 0 Å². The number of carbonyl (C=O) groups excluding carboxylic acids is 2. The SMILES string of the molecule is COc1ccccc1C(=O)NCC1(c2ccccc2)CCC(OC(=O)NCC2(O)CCCCC2)CC1. The second kappa shape index (κ2) is 11.8. The van der Waals surface area contributed by atoms with E-state index in [-0.39, 0.29) is 24.0 Å². The molecule has 2 amide bonds. The molecule has 7 heteroatoms. The molecule has 2 aliphatic rings. The largest absolute Gasteiger partial charge is 0.496 e. The van der Waals surface area contributed by atoms with Crippen molar-refractivity contribution in [1.82, 2.24) is 10.6 Å². The molecular weight excluding hydrogens is 456 g/mol. The molecular formula is C29H38N2O5. The highest BCUT2D eigenvalue weighted by Crippen LogP contribution is 2.40. The topological polar surface area (TPSA) is 96.9 Å². The molecule has 0 bridgehead atoms. The molecule has 2 fully saturated rings. The van der Waals surface area contributed by atoms with Crippen LogP contribution in [0.1, 0.15) is 73.7 Å². The van der Waals surface area contributed by atoms with Crippen LogP contribution in [0.3, 0.4) is 0 Å². The Morgan fingerprint density at radius 3 is 2.25 bits per heavy atom. The van der Waals surface area contributed by atoms with E-state index >= 15 is 0 Å². The zero-order chi connectivity index (χ0) is 25.4. The second-order valence-corrected chi connectivity index (χ2v) is 10.3. The van der Waals surface area contributed by atoms with Crippen molar-refractivity contribution in [3.05, 3.63) is 65.7 Å². The Kier molecular flexibility index (Phi) is 8.52. The van der Waals surface area contributed by atoms with Gasteiger partial charge >= 0.3 is 6.09 Å². The third-order valence-electron chi connectivity index (χ3n) is 7.83. The Morgan fingerprint density at radius 1 is 0.889 bits per heavy atom. The highest BCUT2D eigenvalue weighted by Gasteiger charge is 2.39. The van der Waals surface area contributed by atoms with Gasteiger partial charge in [0, 0.05) is 18.5 Å². The molecule has 194 valence electrons. The van der Waals surface area contributed by atoms with Crippen LogP contribution < -0.4 is 15.4 Å². The number of methoxy groups -OCH3 is 1. The van der Waals surface area contributed by atoms with E-state index in [9.17, 15) is 14.7 Å². The van der Waals surface area contributed by atoms with Crippen molar-refractivity contribution < 1.29 is 24.2 Å². The van der Waals surface area contributed by atoms with Crippen molar-refractivity contribution >= 4 is 12.0 Å². The summed E-state index contributed by atoms with van der Waals surface area (Å²) in [5, 5.41) is 16.5. The minimum Gasteiger partial charge on any atom is -0.496 e.